The molecule has 9 heavy (non-hydrogen) atoms. The van der Waals surface area contributed by atoms with Crippen LogP contribution in [0.3, 0.4) is 0 Å². The summed E-state index contributed by atoms with van der Waals surface area (Å²) in [6, 6.07) is 1.71. The van der Waals surface area contributed by atoms with Gasteiger partial charge in [-0.05, 0) is 6.92 Å². The Bertz CT molecular complexity index is 124. The van der Waals surface area contributed by atoms with E-state index in [1.54, 1.807) is 6.07 Å². The first-order valence-electron chi connectivity index (χ1n) is 2.52. The Hall–Kier alpha value is -0.300. The molecule has 0 saturated carbocycles. The zero-order valence-corrected chi connectivity index (χ0v) is 6.21. The Kier molecular flexibility index (Phi) is 2.92. The van der Waals surface area contributed by atoms with Crippen molar-refractivity contribution in [3.05, 3.63) is 0 Å². The van der Waals surface area contributed by atoms with Crippen LogP contribution in [0.25, 0.3) is 0 Å². The Balaban J connectivity index is 3.76. The Morgan fingerprint density at radius 3 is 2.22 bits per heavy atom. The van der Waals surface area contributed by atoms with Gasteiger partial charge in [0.15, 0.2) is 0 Å². The van der Waals surface area contributed by atoms with Gasteiger partial charge in [-0.15, -0.1) is 0 Å². The first kappa shape index (κ1) is 8.70. The van der Waals surface area contributed by atoms with Crippen LogP contribution >= 0.6 is 10.8 Å². The van der Waals surface area contributed by atoms with Gasteiger partial charge in [-0.1, -0.05) is 0 Å². The van der Waals surface area contributed by atoms with E-state index >= 15 is 0 Å². The van der Waals surface area contributed by atoms with E-state index in [0.717, 1.165) is 6.26 Å². The third-order valence-electron chi connectivity index (χ3n) is 1.09. The molecule has 0 aliphatic heterocycles. The maximum atomic E-state index is 12.2. The molecule has 0 aliphatic rings. The molecule has 0 aromatic rings. The van der Waals surface area contributed by atoms with Crippen LogP contribution in [0.15, 0.2) is 0 Å². The molecule has 0 aliphatic carbocycles. The summed E-state index contributed by atoms with van der Waals surface area (Å²) in [6.07, 6.45) is 0.869. The van der Waals surface area contributed by atoms with Crippen molar-refractivity contribution in [2.24, 2.45) is 0 Å². The van der Waals surface area contributed by atoms with Gasteiger partial charge in [-0.2, -0.15) is 13.0 Å². The first-order valence-corrected chi connectivity index (χ1v) is 4.42. The quantitative estimate of drug-likeness (QED) is 0.598. The average molecular weight is 153 g/mol. The van der Waals surface area contributed by atoms with Gasteiger partial charge in [0.1, 0.15) is 0 Å². The van der Waals surface area contributed by atoms with Gasteiger partial charge in [-0.3, -0.25) is 0 Å². The number of nitrogens with zero attached hydrogens (tertiary/aromatic N) is 1. The number of hydrogen-bond acceptors (Lipinski definition) is 1. The standard InChI is InChI=1S/C5H9F2NS/c1-5(3-4-8)9(2,6)7/h5H,3H2,1-2H3. The van der Waals surface area contributed by atoms with Crippen molar-refractivity contribution < 1.29 is 7.77 Å². The monoisotopic (exact) mass is 153 g/mol. The summed E-state index contributed by atoms with van der Waals surface area (Å²) in [7, 11) is -3.49. The third-order valence-corrected chi connectivity index (χ3v) is 2.67. The number of rotatable bonds is 2. The van der Waals surface area contributed by atoms with E-state index < -0.39 is 16.0 Å². The minimum absolute atomic E-state index is 0.0428. The first-order chi connectivity index (χ1) is 3.98. The summed E-state index contributed by atoms with van der Waals surface area (Å²) < 4.78 is 24.5. The fourth-order valence-electron chi connectivity index (χ4n) is 0.275. The van der Waals surface area contributed by atoms with E-state index in [-0.39, 0.29) is 6.42 Å². The molecule has 0 N–H and O–H groups in total. The zero-order chi connectivity index (χ0) is 7.49. The van der Waals surface area contributed by atoms with E-state index in [0.29, 0.717) is 0 Å². The molecule has 0 fully saturated rings. The largest absolute Gasteiger partial charge is 0.198 e. The fourth-order valence-corrected chi connectivity index (χ4v) is 0.642. The van der Waals surface area contributed by atoms with Crippen molar-refractivity contribution in [2.45, 2.75) is 18.6 Å². The molecule has 0 heterocycles. The predicted octanol–water partition coefficient (Wildman–Crippen LogP) is 2.49. The summed E-state index contributed by atoms with van der Waals surface area (Å²) in [6.45, 7) is 1.40. The zero-order valence-electron chi connectivity index (χ0n) is 5.40. The number of hydrogen-bond donors (Lipinski definition) is 0. The molecule has 0 radical (unpaired) electrons. The summed E-state index contributed by atoms with van der Waals surface area (Å²) >= 11 is 0. The van der Waals surface area contributed by atoms with Crippen molar-refractivity contribution in [3.63, 3.8) is 0 Å². The molecule has 1 unspecified atom stereocenters. The van der Waals surface area contributed by atoms with Crippen LogP contribution in [0.4, 0.5) is 7.77 Å². The van der Waals surface area contributed by atoms with Crippen molar-refractivity contribution in [1.29, 1.82) is 5.26 Å². The molecule has 4 heteroatoms. The molecule has 0 saturated heterocycles. The minimum atomic E-state index is -3.49. The normalized spacial score (nSPS) is 16.3. The molecule has 0 spiro atoms. The SMILES string of the molecule is CC(CC#N)S(C)(F)F. The molecule has 0 rings (SSSR count). The lowest BCUT2D eigenvalue weighted by Gasteiger charge is -2.19. The summed E-state index contributed by atoms with van der Waals surface area (Å²) in [5.74, 6) is 0. The van der Waals surface area contributed by atoms with E-state index in [9.17, 15) is 7.77 Å². The van der Waals surface area contributed by atoms with Gasteiger partial charge >= 0.3 is 0 Å². The van der Waals surface area contributed by atoms with Crippen LogP contribution in [-0.4, -0.2) is 11.5 Å². The van der Waals surface area contributed by atoms with Crippen molar-refractivity contribution in [2.75, 3.05) is 6.26 Å². The highest BCUT2D eigenvalue weighted by atomic mass is 32.3. The molecule has 0 bridgehead atoms. The molecule has 0 aromatic carbocycles. The highest BCUT2D eigenvalue weighted by molar-refractivity contribution is 8.25. The van der Waals surface area contributed by atoms with Crippen LogP contribution in [0.2, 0.25) is 0 Å². The average Bonchev–Trinajstić information content (AvgIpc) is 1.64. The highest BCUT2D eigenvalue weighted by Crippen LogP contribution is 2.53. The lowest BCUT2D eigenvalue weighted by molar-refractivity contribution is 0.715. The predicted molar refractivity (Wildman–Crippen MR) is 35.4 cm³/mol. The van der Waals surface area contributed by atoms with Gasteiger partial charge in [0, 0.05) is 12.7 Å². The van der Waals surface area contributed by atoms with Crippen molar-refractivity contribution in [1.82, 2.24) is 0 Å². The Morgan fingerprint density at radius 2 is 2.11 bits per heavy atom. The summed E-state index contributed by atoms with van der Waals surface area (Å²) in [4.78, 5) is 0. The second-order valence-electron chi connectivity index (χ2n) is 1.95. The molecular formula is C5H9F2NS. The highest BCUT2D eigenvalue weighted by Gasteiger charge is 2.23. The minimum Gasteiger partial charge on any atom is -0.198 e. The lowest BCUT2D eigenvalue weighted by Crippen LogP contribution is -2.03. The smallest absolute Gasteiger partial charge is 0.0634 e. The van der Waals surface area contributed by atoms with Crippen LogP contribution < -0.4 is 0 Å². The van der Waals surface area contributed by atoms with Gasteiger partial charge in [0.25, 0.3) is 0 Å². The van der Waals surface area contributed by atoms with E-state index in [2.05, 4.69) is 0 Å². The molecule has 1 nitrogen and oxygen atoms in total. The molecule has 0 aromatic heterocycles. The molecular weight excluding hydrogens is 144 g/mol. The molecule has 54 valence electrons. The maximum Gasteiger partial charge on any atom is 0.0634 e. The van der Waals surface area contributed by atoms with E-state index in [1.165, 1.54) is 6.92 Å². The van der Waals surface area contributed by atoms with Crippen molar-refractivity contribution >= 4 is 10.8 Å². The fraction of sp³-hybridized carbons (Fsp3) is 0.800. The van der Waals surface area contributed by atoms with Gasteiger partial charge in [-0.25, -0.2) is 0 Å². The Labute approximate surface area is 55.6 Å². The Morgan fingerprint density at radius 1 is 1.67 bits per heavy atom. The molecule has 1 atom stereocenters. The third kappa shape index (κ3) is 3.31. The van der Waals surface area contributed by atoms with E-state index in [4.69, 9.17) is 5.26 Å². The van der Waals surface area contributed by atoms with Crippen LogP contribution in [0.5, 0.6) is 0 Å². The van der Waals surface area contributed by atoms with Crippen molar-refractivity contribution in [3.8, 4) is 6.07 Å². The summed E-state index contributed by atoms with van der Waals surface area (Å²) in [5, 5.41) is 7.28. The molecule has 0 amide bonds. The lowest BCUT2D eigenvalue weighted by atomic mass is 10.4. The van der Waals surface area contributed by atoms with E-state index in [1.807, 2.05) is 0 Å². The van der Waals surface area contributed by atoms with Crippen LogP contribution in [0, 0.1) is 11.3 Å². The van der Waals surface area contributed by atoms with Crippen LogP contribution in [-0.2, 0) is 0 Å². The second kappa shape index (κ2) is 3.02. The van der Waals surface area contributed by atoms with Gasteiger partial charge in [0.05, 0.1) is 22.1 Å². The second-order valence-corrected chi connectivity index (χ2v) is 4.32. The van der Waals surface area contributed by atoms with Gasteiger partial charge in [0.2, 0.25) is 0 Å². The number of nitriles is 1. The maximum absolute atomic E-state index is 12.2. The van der Waals surface area contributed by atoms with Crippen LogP contribution in [0.1, 0.15) is 13.3 Å². The summed E-state index contributed by atoms with van der Waals surface area (Å²) in [5.41, 5.74) is 0. The number of halogens is 2. The van der Waals surface area contributed by atoms with Gasteiger partial charge < -0.3 is 0 Å². The topological polar surface area (TPSA) is 23.8 Å².